The van der Waals surface area contributed by atoms with Crippen LogP contribution in [-0.4, -0.2) is 66.7 Å². The number of hydrogen-bond donors (Lipinski definition) is 2. The van der Waals surface area contributed by atoms with E-state index in [1.807, 2.05) is 0 Å². The van der Waals surface area contributed by atoms with E-state index in [-0.39, 0.29) is 28.0 Å². The Balaban J connectivity index is 1.77. The number of fused-ring (bicyclic) bond motifs is 2. The van der Waals surface area contributed by atoms with Crippen LogP contribution in [-0.2, 0) is 17.7 Å². The molecular formula is C22H39N5O5Si2. The first-order valence-corrected chi connectivity index (χ1v) is 16.2. The first-order valence-electron chi connectivity index (χ1n) is 12.2. The molecule has 0 spiro atoms. The molecule has 2 saturated heterocycles. The normalized spacial score (nSPS) is 29.2. The van der Waals surface area contributed by atoms with Crippen LogP contribution < -0.4 is 5.73 Å². The van der Waals surface area contributed by atoms with Gasteiger partial charge in [0.1, 0.15) is 30.2 Å². The average molecular weight is 510 g/mol. The predicted molar refractivity (Wildman–Crippen MR) is 133 cm³/mol. The van der Waals surface area contributed by atoms with Gasteiger partial charge in [-0.15, -0.1) is 0 Å². The maximum absolute atomic E-state index is 11.5. The van der Waals surface area contributed by atoms with Crippen LogP contribution in [0.1, 0.15) is 61.6 Å². The van der Waals surface area contributed by atoms with E-state index in [9.17, 15) is 5.11 Å². The minimum Gasteiger partial charge on any atom is -0.414 e. The molecule has 34 heavy (non-hydrogen) atoms. The fraction of sp³-hybridized carbons (Fsp3) is 0.773. The number of nitrogens with two attached hydrogens (primary N) is 1. The molecule has 2 aliphatic rings. The van der Waals surface area contributed by atoms with E-state index in [0.29, 0.717) is 17.8 Å². The van der Waals surface area contributed by atoms with E-state index in [4.69, 9.17) is 23.4 Å². The number of nitrogens with zero attached hydrogens (tertiary/aromatic N) is 4. The molecule has 1 unspecified atom stereocenters. The number of anilines is 1. The number of imidazole rings is 1. The minimum atomic E-state index is -2.86. The van der Waals surface area contributed by atoms with Gasteiger partial charge in [0.25, 0.3) is 0 Å². The maximum atomic E-state index is 11.5. The summed E-state index contributed by atoms with van der Waals surface area (Å²) in [5.74, 6) is 0.283. The molecule has 10 nitrogen and oxygen atoms in total. The smallest absolute Gasteiger partial charge is 0.335 e. The fourth-order valence-corrected chi connectivity index (χ4v) is 16.6. The molecule has 0 aromatic carbocycles. The van der Waals surface area contributed by atoms with E-state index in [1.165, 1.54) is 6.33 Å². The summed E-state index contributed by atoms with van der Waals surface area (Å²) in [6.07, 6.45) is 0.225. The molecule has 2 aromatic rings. The summed E-state index contributed by atoms with van der Waals surface area (Å²) in [5, 5.41) is 11.5. The van der Waals surface area contributed by atoms with E-state index in [2.05, 4.69) is 70.3 Å². The third-order valence-electron chi connectivity index (χ3n) is 7.30. The zero-order chi connectivity index (χ0) is 25.0. The second kappa shape index (κ2) is 9.23. The molecule has 12 heteroatoms. The topological polar surface area (TPSA) is 127 Å². The standard InChI is InChI=1S/C22H39N5O5Si2/c1-12(2)33(13(3)4)29-9-16-19(31-34(32-33,14(5)6)15(7)8)18(28)22(30-16)27-11-26-17-20(23)24-10-25-21(17)27/h10-16,18-19,22,28H,9H2,1-8H3,(H2,23,24,25)/t16-,18-,19?,22-/m1/s1. The number of hydrogen-bond acceptors (Lipinski definition) is 9. The van der Waals surface area contributed by atoms with Gasteiger partial charge in [0.2, 0.25) is 0 Å². The Morgan fingerprint density at radius 1 is 0.971 bits per heavy atom. The van der Waals surface area contributed by atoms with E-state index in [1.54, 1.807) is 10.9 Å². The Morgan fingerprint density at radius 3 is 2.18 bits per heavy atom. The number of nitrogen functional groups attached to an aromatic ring is 1. The van der Waals surface area contributed by atoms with Crippen molar-refractivity contribution in [3.05, 3.63) is 12.7 Å². The Bertz CT molecular complexity index is 1000. The molecule has 0 saturated carbocycles. The quantitative estimate of drug-likeness (QED) is 0.581. The van der Waals surface area contributed by atoms with Gasteiger partial charge in [0, 0.05) is 0 Å². The van der Waals surface area contributed by atoms with Crippen LogP contribution in [0.3, 0.4) is 0 Å². The largest absolute Gasteiger partial charge is 0.414 e. The van der Waals surface area contributed by atoms with Crippen molar-refractivity contribution in [1.82, 2.24) is 19.5 Å². The molecule has 190 valence electrons. The molecule has 3 N–H and O–H groups in total. The average Bonchev–Trinajstić information content (AvgIpc) is 3.29. The Morgan fingerprint density at radius 2 is 1.59 bits per heavy atom. The summed E-state index contributed by atoms with van der Waals surface area (Å²) >= 11 is 0. The van der Waals surface area contributed by atoms with Crippen molar-refractivity contribution >= 4 is 34.1 Å². The van der Waals surface area contributed by atoms with Crippen LogP contribution in [0.25, 0.3) is 11.2 Å². The summed E-state index contributed by atoms with van der Waals surface area (Å²) in [6.45, 7) is 17.7. The van der Waals surface area contributed by atoms with Crippen molar-refractivity contribution < 1.29 is 22.8 Å². The number of ether oxygens (including phenoxy) is 1. The highest BCUT2D eigenvalue weighted by Crippen LogP contribution is 2.48. The first-order chi connectivity index (χ1) is 15.9. The van der Waals surface area contributed by atoms with Crippen LogP contribution in [0.4, 0.5) is 5.82 Å². The van der Waals surface area contributed by atoms with Crippen molar-refractivity contribution in [3.63, 3.8) is 0 Å². The van der Waals surface area contributed by atoms with Crippen molar-refractivity contribution in [3.8, 4) is 0 Å². The zero-order valence-electron chi connectivity index (χ0n) is 21.4. The maximum Gasteiger partial charge on any atom is 0.335 e. The third-order valence-corrected chi connectivity index (χ3v) is 17.6. The number of aromatic nitrogens is 4. The van der Waals surface area contributed by atoms with E-state index >= 15 is 0 Å². The lowest BCUT2D eigenvalue weighted by molar-refractivity contribution is -0.0570. The Hall–Kier alpha value is -1.42. The molecule has 4 rings (SSSR count). The van der Waals surface area contributed by atoms with E-state index in [0.717, 1.165) is 0 Å². The van der Waals surface area contributed by atoms with Crippen molar-refractivity contribution in [2.75, 3.05) is 12.3 Å². The molecular weight excluding hydrogens is 470 g/mol. The molecule has 2 aliphatic heterocycles. The molecule has 2 aromatic heterocycles. The van der Waals surface area contributed by atoms with Crippen molar-refractivity contribution in [2.24, 2.45) is 0 Å². The van der Waals surface area contributed by atoms with Crippen molar-refractivity contribution in [1.29, 1.82) is 0 Å². The van der Waals surface area contributed by atoms with Gasteiger partial charge in [0.15, 0.2) is 17.7 Å². The Labute approximate surface area is 203 Å². The number of rotatable bonds is 5. The lowest BCUT2D eigenvalue weighted by Gasteiger charge is -2.51. The molecule has 0 bridgehead atoms. The lowest BCUT2D eigenvalue weighted by atomic mass is 10.1. The highest BCUT2D eigenvalue weighted by Gasteiger charge is 2.61. The first kappa shape index (κ1) is 25.7. The van der Waals surface area contributed by atoms with Gasteiger partial charge in [0.05, 0.1) is 12.9 Å². The van der Waals surface area contributed by atoms with Gasteiger partial charge in [-0.25, -0.2) is 15.0 Å². The van der Waals surface area contributed by atoms with Crippen LogP contribution in [0.15, 0.2) is 12.7 Å². The molecule has 0 amide bonds. The highest BCUT2D eigenvalue weighted by atomic mass is 28.5. The van der Waals surface area contributed by atoms with E-state index < -0.39 is 41.7 Å². The number of aliphatic hydroxyl groups is 1. The Kier molecular flexibility index (Phi) is 6.97. The molecule has 0 aliphatic carbocycles. The van der Waals surface area contributed by atoms with Crippen molar-refractivity contribution in [2.45, 2.75) is 102 Å². The third kappa shape index (κ3) is 3.92. The van der Waals surface area contributed by atoms with Gasteiger partial charge >= 0.3 is 17.1 Å². The monoisotopic (exact) mass is 509 g/mol. The van der Waals surface area contributed by atoms with Gasteiger partial charge in [-0.3, -0.25) is 4.57 Å². The summed E-state index contributed by atoms with van der Waals surface area (Å²) in [4.78, 5) is 12.7. The second-order valence-corrected chi connectivity index (χ2v) is 19.5. The lowest BCUT2D eigenvalue weighted by Crippen LogP contribution is -2.65. The molecule has 4 heterocycles. The predicted octanol–water partition coefficient (Wildman–Crippen LogP) is 3.62. The van der Waals surface area contributed by atoms with Gasteiger partial charge < -0.3 is 28.5 Å². The molecule has 4 atom stereocenters. The zero-order valence-corrected chi connectivity index (χ0v) is 23.4. The van der Waals surface area contributed by atoms with Crippen LogP contribution in [0.2, 0.25) is 22.2 Å². The number of aliphatic hydroxyl groups excluding tert-OH is 1. The minimum absolute atomic E-state index is 0.159. The molecule has 0 radical (unpaired) electrons. The van der Waals surface area contributed by atoms with Gasteiger partial charge in [-0.1, -0.05) is 55.4 Å². The van der Waals surface area contributed by atoms with Gasteiger partial charge in [-0.05, 0) is 22.2 Å². The van der Waals surface area contributed by atoms with Gasteiger partial charge in [-0.2, -0.15) is 0 Å². The highest BCUT2D eigenvalue weighted by molar-refractivity contribution is 6.83. The summed E-state index contributed by atoms with van der Waals surface area (Å²) in [7, 11) is -5.54. The summed E-state index contributed by atoms with van der Waals surface area (Å²) in [6, 6.07) is 0. The SMILES string of the molecule is CC(C)[Si]1(C(C)C)OC[C@H]2O[C@@H](n3cnc4c(N)ncnc43)[C@H](O)C2O[Si](C(C)C)(C(C)C)O1. The van der Waals surface area contributed by atoms with Crippen LogP contribution in [0.5, 0.6) is 0 Å². The summed E-state index contributed by atoms with van der Waals surface area (Å²) in [5.41, 5.74) is 7.73. The molecule has 2 fully saturated rings. The van der Waals surface area contributed by atoms with Crippen LogP contribution >= 0.6 is 0 Å². The van der Waals surface area contributed by atoms with Crippen LogP contribution in [0, 0.1) is 0 Å². The fourth-order valence-electron chi connectivity index (χ4n) is 5.42. The second-order valence-electron chi connectivity index (χ2n) is 10.7. The summed E-state index contributed by atoms with van der Waals surface area (Å²) < 4.78 is 29.0.